The van der Waals surface area contributed by atoms with E-state index in [0.29, 0.717) is 52.5 Å². The SMILES string of the molecule is Cc1cnnc(N2CCN(S(=O)(=O)N3CCOCC3)CC2)c1C. The Bertz CT molecular complexity index is 652. The molecule has 1 aromatic rings. The second kappa shape index (κ2) is 6.68. The molecule has 2 saturated heterocycles. The highest BCUT2D eigenvalue weighted by Crippen LogP contribution is 2.21. The average molecular weight is 341 g/mol. The van der Waals surface area contributed by atoms with Gasteiger partial charge in [0.15, 0.2) is 5.82 Å². The van der Waals surface area contributed by atoms with Crippen LogP contribution in [0.15, 0.2) is 6.20 Å². The van der Waals surface area contributed by atoms with Crippen molar-refractivity contribution in [3.63, 3.8) is 0 Å². The minimum Gasteiger partial charge on any atom is -0.379 e. The van der Waals surface area contributed by atoms with Crippen LogP contribution in [0.3, 0.4) is 0 Å². The lowest BCUT2D eigenvalue weighted by molar-refractivity contribution is 0.0700. The number of hydrogen-bond acceptors (Lipinski definition) is 6. The zero-order valence-corrected chi connectivity index (χ0v) is 14.4. The Morgan fingerprint density at radius 3 is 2.26 bits per heavy atom. The fourth-order valence-electron chi connectivity index (χ4n) is 2.89. The van der Waals surface area contributed by atoms with E-state index in [0.717, 1.165) is 16.9 Å². The Hall–Kier alpha value is -1.29. The van der Waals surface area contributed by atoms with Gasteiger partial charge in [-0.1, -0.05) is 0 Å². The minimum atomic E-state index is -3.39. The highest BCUT2D eigenvalue weighted by molar-refractivity contribution is 7.86. The van der Waals surface area contributed by atoms with Crippen molar-refractivity contribution in [2.45, 2.75) is 13.8 Å². The summed E-state index contributed by atoms with van der Waals surface area (Å²) in [5, 5.41) is 8.24. The van der Waals surface area contributed by atoms with Gasteiger partial charge in [-0.2, -0.15) is 22.1 Å². The summed E-state index contributed by atoms with van der Waals surface area (Å²) in [6, 6.07) is 0. The Balaban J connectivity index is 1.67. The molecule has 3 heterocycles. The first-order valence-corrected chi connectivity index (χ1v) is 9.26. The molecule has 0 N–H and O–H groups in total. The normalized spacial score (nSPS) is 21.6. The van der Waals surface area contributed by atoms with Gasteiger partial charge in [0.2, 0.25) is 0 Å². The third-order valence-corrected chi connectivity index (χ3v) is 6.53. The van der Waals surface area contributed by atoms with Gasteiger partial charge in [-0.05, 0) is 25.0 Å². The van der Waals surface area contributed by atoms with Crippen LogP contribution in [-0.2, 0) is 14.9 Å². The van der Waals surface area contributed by atoms with E-state index in [1.807, 2.05) is 13.8 Å². The number of aryl methyl sites for hydroxylation is 1. The summed E-state index contributed by atoms with van der Waals surface area (Å²) in [6.45, 7) is 8.03. The lowest BCUT2D eigenvalue weighted by Gasteiger charge is -2.38. The van der Waals surface area contributed by atoms with E-state index < -0.39 is 10.2 Å². The van der Waals surface area contributed by atoms with Crippen LogP contribution in [0.4, 0.5) is 5.82 Å². The molecule has 0 atom stereocenters. The topological polar surface area (TPSA) is 78.9 Å². The molecule has 3 rings (SSSR count). The second-order valence-corrected chi connectivity index (χ2v) is 7.81. The predicted octanol–water partition coefficient (Wildman–Crippen LogP) is -0.208. The van der Waals surface area contributed by atoms with Crippen molar-refractivity contribution in [3.05, 3.63) is 17.3 Å². The maximum absolute atomic E-state index is 12.7. The zero-order valence-electron chi connectivity index (χ0n) is 13.6. The molecule has 0 aromatic carbocycles. The molecule has 0 spiro atoms. The first-order chi connectivity index (χ1) is 11.0. The van der Waals surface area contributed by atoms with Crippen LogP contribution >= 0.6 is 0 Å². The summed E-state index contributed by atoms with van der Waals surface area (Å²) in [4.78, 5) is 2.11. The molecule has 0 bridgehead atoms. The molecule has 2 fully saturated rings. The fraction of sp³-hybridized carbons (Fsp3) is 0.714. The van der Waals surface area contributed by atoms with Crippen LogP contribution in [0.1, 0.15) is 11.1 Å². The average Bonchev–Trinajstić information content (AvgIpc) is 2.58. The molecule has 128 valence electrons. The molecule has 0 radical (unpaired) electrons. The van der Waals surface area contributed by atoms with Gasteiger partial charge >= 0.3 is 0 Å². The van der Waals surface area contributed by atoms with E-state index in [-0.39, 0.29) is 0 Å². The Morgan fingerprint density at radius 1 is 1.00 bits per heavy atom. The highest BCUT2D eigenvalue weighted by Gasteiger charge is 2.33. The molecule has 9 heteroatoms. The quantitative estimate of drug-likeness (QED) is 0.757. The molecular formula is C14H23N5O3S. The third-order valence-electron chi connectivity index (χ3n) is 4.49. The Morgan fingerprint density at radius 2 is 1.61 bits per heavy atom. The number of rotatable bonds is 3. The zero-order chi connectivity index (χ0) is 16.4. The smallest absolute Gasteiger partial charge is 0.282 e. The molecule has 0 saturated carbocycles. The molecule has 0 amide bonds. The summed E-state index contributed by atoms with van der Waals surface area (Å²) in [7, 11) is -3.39. The number of morpholine rings is 1. The van der Waals surface area contributed by atoms with E-state index in [4.69, 9.17) is 4.74 Å². The minimum absolute atomic E-state index is 0.436. The van der Waals surface area contributed by atoms with Crippen molar-refractivity contribution in [1.29, 1.82) is 0 Å². The third kappa shape index (κ3) is 3.32. The fourth-order valence-corrected chi connectivity index (χ4v) is 4.45. The summed E-state index contributed by atoms with van der Waals surface area (Å²) in [6.07, 6.45) is 1.75. The molecule has 2 aliphatic heterocycles. The summed E-state index contributed by atoms with van der Waals surface area (Å²) in [5.74, 6) is 0.855. The molecule has 1 aromatic heterocycles. The monoisotopic (exact) mass is 341 g/mol. The van der Waals surface area contributed by atoms with Gasteiger partial charge < -0.3 is 9.64 Å². The number of aromatic nitrogens is 2. The van der Waals surface area contributed by atoms with Gasteiger partial charge in [-0.15, -0.1) is 5.10 Å². The van der Waals surface area contributed by atoms with Crippen LogP contribution in [0.2, 0.25) is 0 Å². The number of hydrogen-bond donors (Lipinski definition) is 0. The van der Waals surface area contributed by atoms with Crippen molar-refractivity contribution in [3.8, 4) is 0 Å². The number of nitrogens with zero attached hydrogens (tertiary/aromatic N) is 5. The standard InChI is InChI=1S/C14H23N5O3S/c1-12-11-15-16-14(13(12)2)17-3-5-18(6-4-17)23(20,21)19-7-9-22-10-8-19/h11H,3-10H2,1-2H3. The summed E-state index contributed by atoms with van der Waals surface area (Å²) in [5.41, 5.74) is 2.20. The maximum Gasteiger partial charge on any atom is 0.282 e. The number of ether oxygens (including phenoxy) is 1. The van der Waals surface area contributed by atoms with Crippen LogP contribution in [-0.4, -0.2) is 79.7 Å². The number of piperazine rings is 1. The Labute approximate surface area is 137 Å². The van der Waals surface area contributed by atoms with E-state index in [2.05, 4.69) is 15.1 Å². The van der Waals surface area contributed by atoms with Crippen LogP contribution in [0, 0.1) is 13.8 Å². The largest absolute Gasteiger partial charge is 0.379 e. The summed E-state index contributed by atoms with van der Waals surface area (Å²) < 4.78 is 33.6. The Kier molecular flexibility index (Phi) is 4.81. The van der Waals surface area contributed by atoms with Gasteiger partial charge in [0.1, 0.15) is 0 Å². The van der Waals surface area contributed by atoms with E-state index in [1.165, 1.54) is 4.31 Å². The summed E-state index contributed by atoms with van der Waals surface area (Å²) >= 11 is 0. The van der Waals surface area contributed by atoms with Gasteiger partial charge in [-0.25, -0.2) is 0 Å². The van der Waals surface area contributed by atoms with Gasteiger partial charge in [0.05, 0.1) is 19.4 Å². The van der Waals surface area contributed by atoms with Crippen molar-refractivity contribution < 1.29 is 13.2 Å². The molecule has 8 nitrogen and oxygen atoms in total. The first kappa shape index (κ1) is 16.6. The molecule has 2 aliphatic rings. The van der Waals surface area contributed by atoms with Crippen molar-refractivity contribution in [1.82, 2.24) is 18.8 Å². The van der Waals surface area contributed by atoms with Crippen LogP contribution in [0.5, 0.6) is 0 Å². The van der Waals surface area contributed by atoms with Gasteiger partial charge in [-0.3, -0.25) is 0 Å². The van der Waals surface area contributed by atoms with Gasteiger partial charge in [0, 0.05) is 39.3 Å². The molecular weight excluding hydrogens is 318 g/mol. The highest BCUT2D eigenvalue weighted by atomic mass is 32.2. The molecule has 0 unspecified atom stereocenters. The second-order valence-electron chi connectivity index (χ2n) is 5.88. The van der Waals surface area contributed by atoms with E-state index >= 15 is 0 Å². The van der Waals surface area contributed by atoms with Crippen LogP contribution in [0.25, 0.3) is 0 Å². The first-order valence-electron chi connectivity index (χ1n) is 7.87. The van der Waals surface area contributed by atoms with Crippen molar-refractivity contribution >= 4 is 16.0 Å². The van der Waals surface area contributed by atoms with E-state index in [9.17, 15) is 8.42 Å². The van der Waals surface area contributed by atoms with E-state index in [1.54, 1.807) is 10.5 Å². The van der Waals surface area contributed by atoms with Crippen LogP contribution < -0.4 is 4.90 Å². The number of anilines is 1. The van der Waals surface area contributed by atoms with Crippen molar-refractivity contribution in [2.75, 3.05) is 57.4 Å². The van der Waals surface area contributed by atoms with Crippen molar-refractivity contribution in [2.24, 2.45) is 0 Å². The maximum atomic E-state index is 12.7. The molecule has 0 aliphatic carbocycles. The lowest BCUT2D eigenvalue weighted by Crippen LogP contribution is -2.55. The lowest BCUT2D eigenvalue weighted by atomic mass is 10.2. The molecule has 23 heavy (non-hydrogen) atoms. The predicted molar refractivity (Wildman–Crippen MR) is 86.6 cm³/mol. The van der Waals surface area contributed by atoms with Gasteiger partial charge in [0.25, 0.3) is 10.2 Å².